The molecule has 1 fully saturated rings. The van der Waals surface area contributed by atoms with Crippen LogP contribution >= 0.6 is 11.6 Å². The van der Waals surface area contributed by atoms with Crippen molar-refractivity contribution in [3.05, 3.63) is 35.5 Å². The Balaban J connectivity index is 1.73. The predicted octanol–water partition coefficient (Wildman–Crippen LogP) is 1.46. The summed E-state index contributed by atoms with van der Waals surface area (Å²) in [6.07, 6.45) is 2.69. The summed E-state index contributed by atoms with van der Waals surface area (Å²) in [5.41, 5.74) is 0.501. The van der Waals surface area contributed by atoms with Crippen LogP contribution in [0.25, 0.3) is 10.9 Å². The first-order chi connectivity index (χ1) is 11.6. The molecule has 0 bridgehead atoms. The van der Waals surface area contributed by atoms with Gasteiger partial charge in [0.05, 0.1) is 15.4 Å². The van der Waals surface area contributed by atoms with Crippen molar-refractivity contribution >= 4 is 32.5 Å². The van der Waals surface area contributed by atoms with Crippen molar-refractivity contribution in [2.24, 2.45) is 0 Å². The zero-order valence-corrected chi connectivity index (χ0v) is 14.9. The van der Waals surface area contributed by atoms with Gasteiger partial charge in [-0.05, 0) is 43.8 Å². The normalized spacial score (nSPS) is 17.0. The highest BCUT2D eigenvalue weighted by atomic mass is 35.5. The van der Waals surface area contributed by atoms with Crippen molar-refractivity contribution < 1.29 is 8.42 Å². The number of halogens is 1. The lowest BCUT2D eigenvalue weighted by molar-refractivity contribution is 0.297. The van der Waals surface area contributed by atoms with Gasteiger partial charge in [-0.1, -0.05) is 11.6 Å². The summed E-state index contributed by atoms with van der Waals surface area (Å²) in [5.74, 6) is 0. The number of hydrogen-bond acceptors (Lipinski definition) is 5. The first-order valence-corrected chi connectivity index (χ1v) is 9.90. The van der Waals surface area contributed by atoms with Gasteiger partial charge in [-0.3, -0.25) is 4.98 Å². The fourth-order valence-corrected chi connectivity index (χ4v) is 4.32. The Labute approximate surface area is 147 Å². The molecule has 0 spiro atoms. The summed E-state index contributed by atoms with van der Waals surface area (Å²) in [5, 5.41) is 4.32. The Bertz CT molecular complexity index is 805. The van der Waals surface area contributed by atoms with Gasteiger partial charge in [0.1, 0.15) is 0 Å². The summed E-state index contributed by atoms with van der Waals surface area (Å²) in [4.78, 5) is 6.66. The van der Waals surface area contributed by atoms with Gasteiger partial charge in [0.25, 0.3) is 0 Å². The zero-order chi connectivity index (χ0) is 17.0. The summed E-state index contributed by atoms with van der Waals surface area (Å²) in [6, 6.07) is 6.54. The highest BCUT2D eigenvalue weighted by Crippen LogP contribution is 2.27. The molecular weight excluding hydrogens is 348 g/mol. The molecule has 1 aromatic heterocycles. The largest absolute Gasteiger partial charge is 0.315 e. The third-order valence-electron chi connectivity index (χ3n) is 4.12. The average molecular weight is 369 g/mol. The number of hydrogen-bond donors (Lipinski definition) is 2. The SMILES string of the molecule is O=S(=O)(NCCN1CCCNCC1)c1ccc(Cl)c2ncccc12. The monoisotopic (exact) mass is 368 g/mol. The van der Waals surface area contributed by atoms with E-state index in [2.05, 4.69) is 19.9 Å². The summed E-state index contributed by atoms with van der Waals surface area (Å²) in [7, 11) is -3.60. The van der Waals surface area contributed by atoms with E-state index in [0.717, 1.165) is 32.6 Å². The second kappa shape index (κ2) is 7.76. The lowest BCUT2D eigenvalue weighted by Crippen LogP contribution is -2.36. The van der Waals surface area contributed by atoms with Crippen LogP contribution in [0, 0.1) is 0 Å². The number of fused-ring (bicyclic) bond motifs is 1. The van der Waals surface area contributed by atoms with Crippen LogP contribution in [-0.4, -0.2) is 57.6 Å². The van der Waals surface area contributed by atoms with Gasteiger partial charge in [-0.2, -0.15) is 0 Å². The number of rotatable bonds is 5. The zero-order valence-electron chi connectivity index (χ0n) is 13.3. The number of nitrogens with zero attached hydrogens (tertiary/aromatic N) is 2. The molecule has 0 saturated carbocycles. The molecule has 1 saturated heterocycles. The van der Waals surface area contributed by atoms with Crippen LogP contribution in [-0.2, 0) is 10.0 Å². The van der Waals surface area contributed by atoms with E-state index < -0.39 is 10.0 Å². The highest BCUT2D eigenvalue weighted by Gasteiger charge is 2.19. The Morgan fingerprint density at radius 3 is 3.00 bits per heavy atom. The van der Waals surface area contributed by atoms with Gasteiger partial charge in [-0.25, -0.2) is 13.1 Å². The molecule has 8 heteroatoms. The molecule has 2 aromatic rings. The molecule has 1 aliphatic rings. The van der Waals surface area contributed by atoms with Crippen LogP contribution in [0.1, 0.15) is 6.42 Å². The van der Waals surface area contributed by atoms with Gasteiger partial charge in [0.15, 0.2) is 0 Å². The quantitative estimate of drug-likeness (QED) is 0.835. The predicted molar refractivity (Wildman–Crippen MR) is 95.9 cm³/mol. The minimum absolute atomic E-state index is 0.215. The van der Waals surface area contributed by atoms with E-state index in [1.165, 1.54) is 6.07 Å². The standard InChI is InChI=1S/C16H21ClN4O2S/c17-14-4-5-15(13-3-1-7-19-16(13)14)24(22,23)20-9-12-21-10-2-6-18-8-11-21/h1,3-5,7,18,20H,2,6,8-12H2. The number of nitrogens with one attached hydrogen (secondary N) is 2. The van der Waals surface area contributed by atoms with Crippen molar-refractivity contribution in [3.8, 4) is 0 Å². The molecule has 24 heavy (non-hydrogen) atoms. The molecule has 0 unspecified atom stereocenters. The van der Waals surface area contributed by atoms with Crippen LogP contribution in [0.5, 0.6) is 0 Å². The first kappa shape index (κ1) is 17.6. The van der Waals surface area contributed by atoms with Crippen LogP contribution in [0.15, 0.2) is 35.4 Å². The van der Waals surface area contributed by atoms with Crippen LogP contribution < -0.4 is 10.0 Å². The fraction of sp³-hybridized carbons (Fsp3) is 0.438. The summed E-state index contributed by atoms with van der Waals surface area (Å²) >= 11 is 6.11. The van der Waals surface area contributed by atoms with Crippen molar-refractivity contribution in [2.75, 3.05) is 39.3 Å². The average Bonchev–Trinajstić information content (AvgIpc) is 2.84. The Morgan fingerprint density at radius 1 is 1.25 bits per heavy atom. The van der Waals surface area contributed by atoms with Crippen molar-refractivity contribution in [1.29, 1.82) is 0 Å². The topological polar surface area (TPSA) is 74.3 Å². The molecule has 3 rings (SSSR count). The third kappa shape index (κ3) is 4.04. The number of sulfonamides is 1. The van der Waals surface area contributed by atoms with Gasteiger partial charge in [0, 0.05) is 37.8 Å². The Hall–Kier alpha value is -1.25. The van der Waals surface area contributed by atoms with Gasteiger partial charge >= 0.3 is 0 Å². The van der Waals surface area contributed by atoms with E-state index in [4.69, 9.17) is 11.6 Å². The van der Waals surface area contributed by atoms with Gasteiger partial charge in [0.2, 0.25) is 10.0 Å². The first-order valence-electron chi connectivity index (χ1n) is 8.04. The maximum atomic E-state index is 12.7. The molecule has 1 aliphatic heterocycles. The molecule has 0 aliphatic carbocycles. The van der Waals surface area contributed by atoms with E-state index in [1.54, 1.807) is 24.4 Å². The van der Waals surface area contributed by atoms with E-state index in [1.807, 2.05) is 0 Å². The smallest absolute Gasteiger partial charge is 0.241 e. The maximum Gasteiger partial charge on any atom is 0.241 e. The molecule has 130 valence electrons. The minimum Gasteiger partial charge on any atom is -0.315 e. The van der Waals surface area contributed by atoms with Crippen molar-refractivity contribution in [2.45, 2.75) is 11.3 Å². The Kier molecular flexibility index (Phi) is 5.68. The van der Waals surface area contributed by atoms with E-state index in [0.29, 0.717) is 29.0 Å². The molecule has 0 radical (unpaired) electrons. The van der Waals surface area contributed by atoms with Gasteiger partial charge < -0.3 is 10.2 Å². The molecule has 6 nitrogen and oxygen atoms in total. The number of pyridine rings is 1. The number of aromatic nitrogens is 1. The third-order valence-corrected chi connectivity index (χ3v) is 5.95. The highest BCUT2D eigenvalue weighted by molar-refractivity contribution is 7.89. The van der Waals surface area contributed by atoms with Crippen LogP contribution in [0.3, 0.4) is 0 Å². The van der Waals surface area contributed by atoms with E-state index in [-0.39, 0.29) is 4.90 Å². The molecular formula is C16H21ClN4O2S. The number of benzene rings is 1. The van der Waals surface area contributed by atoms with E-state index >= 15 is 0 Å². The fourth-order valence-electron chi connectivity index (χ4n) is 2.89. The molecule has 1 aromatic carbocycles. The van der Waals surface area contributed by atoms with E-state index in [9.17, 15) is 8.42 Å². The van der Waals surface area contributed by atoms with Crippen LogP contribution in [0.4, 0.5) is 0 Å². The van der Waals surface area contributed by atoms with Crippen molar-refractivity contribution in [1.82, 2.24) is 19.9 Å². The van der Waals surface area contributed by atoms with Crippen LogP contribution in [0.2, 0.25) is 5.02 Å². The molecule has 2 N–H and O–H groups in total. The molecule has 2 heterocycles. The lowest BCUT2D eigenvalue weighted by Gasteiger charge is -2.19. The summed E-state index contributed by atoms with van der Waals surface area (Å²) in [6.45, 7) is 4.97. The maximum absolute atomic E-state index is 12.7. The minimum atomic E-state index is -3.60. The summed E-state index contributed by atoms with van der Waals surface area (Å²) < 4.78 is 28.0. The van der Waals surface area contributed by atoms with Crippen molar-refractivity contribution in [3.63, 3.8) is 0 Å². The molecule has 0 amide bonds. The second-order valence-electron chi connectivity index (χ2n) is 5.79. The lowest BCUT2D eigenvalue weighted by atomic mass is 10.2. The molecule has 0 atom stereocenters. The van der Waals surface area contributed by atoms with Gasteiger partial charge in [-0.15, -0.1) is 0 Å². The Morgan fingerprint density at radius 2 is 2.12 bits per heavy atom. The second-order valence-corrected chi connectivity index (χ2v) is 7.93.